The van der Waals surface area contributed by atoms with Crippen LogP contribution in [0.3, 0.4) is 0 Å². The molecule has 0 bridgehead atoms. The number of aromatic nitrogens is 2. The number of carbonyl (C=O) groups is 2. The number of carbonyl (C=O) groups excluding carboxylic acids is 1. The molecule has 0 spiro atoms. The van der Waals surface area contributed by atoms with E-state index in [-0.39, 0.29) is 30.1 Å². The maximum absolute atomic E-state index is 13.8. The van der Waals surface area contributed by atoms with Crippen molar-refractivity contribution in [3.63, 3.8) is 0 Å². The van der Waals surface area contributed by atoms with Crippen LogP contribution in [0, 0.1) is 11.7 Å². The monoisotopic (exact) mass is 553 g/mol. The molecule has 208 valence electrons. The van der Waals surface area contributed by atoms with E-state index < -0.39 is 29.4 Å². The maximum Gasteiger partial charge on any atom is 0.419 e. The van der Waals surface area contributed by atoms with E-state index in [2.05, 4.69) is 22.4 Å². The van der Waals surface area contributed by atoms with Crippen molar-refractivity contribution in [3.05, 3.63) is 95.2 Å². The summed E-state index contributed by atoms with van der Waals surface area (Å²) >= 11 is 0. The van der Waals surface area contributed by atoms with Crippen LogP contribution < -0.4 is 5.32 Å². The highest BCUT2D eigenvalue weighted by Gasteiger charge is 2.34. The van der Waals surface area contributed by atoms with Gasteiger partial charge in [-0.3, -0.25) is 9.59 Å². The molecule has 1 amide bonds. The summed E-state index contributed by atoms with van der Waals surface area (Å²) < 4.78 is 53.8. The van der Waals surface area contributed by atoms with Crippen molar-refractivity contribution in [2.75, 3.05) is 0 Å². The molecule has 6 nitrogen and oxygen atoms in total. The first kappa shape index (κ1) is 27.4. The lowest BCUT2D eigenvalue weighted by Crippen LogP contribution is -2.23. The number of halogens is 4. The van der Waals surface area contributed by atoms with Gasteiger partial charge in [0, 0.05) is 25.4 Å². The normalized spacial score (nSPS) is 17.6. The standard InChI is InChI=1S/C30H27F4N3O3/c31-25-13-19(3-11-24(25)30(32,33)34)15-35-29(40)26-17-37-16-23(10-12-27(37)36-26)22-8-6-21(7-9-22)20-4-1-18(2-5-20)14-28(38)39/h3,6-13,16-18,20H,1-2,4-5,14-15H2,(H,35,40)(H,38,39). The van der Waals surface area contributed by atoms with Gasteiger partial charge in [-0.25, -0.2) is 9.37 Å². The second-order valence-electron chi connectivity index (χ2n) is 10.2. The zero-order valence-corrected chi connectivity index (χ0v) is 21.4. The van der Waals surface area contributed by atoms with Crippen LogP contribution in [-0.4, -0.2) is 26.4 Å². The first-order chi connectivity index (χ1) is 19.1. The Kier molecular flexibility index (Phi) is 7.60. The summed E-state index contributed by atoms with van der Waals surface area (Å²) in [6.45, 7) is -0.152. The molecule has 0 saturated heterocycles. The number of rotatable bonds is 7. The number of alkyl halides is 3. The number of imidazole rings is 1. The predicted octanol–water partition coefficient (Wildman–Crippen LogP) is 6.84. The number of carboxylic acid groups (broad SMARTS) is 1. The summed E-state index contributed by atoms with van der Waals surface area (Å²) in [4.78, 5) is 27.9. The molecule has 10 heteroatoms. The van der Waals surface area contributed by atoms with E-state index in [1.54, 1.807) is 16.7 Å². The van der Waals surface area contributed by atoms with E-state index in [1.807, 2.05) is 24.4 Å². The number of amides is 1. The van der Waals surface area contributed by atoms with Crippen LogP contribution in [0.5, 0.6) is 0 Å². The van der Waals surface area contributed by atoms with Gasteiger partial charge in [-0.05, 0) is 84.0 Å². The minimum atomic E-state index is -4.78. The molecule has 1 aliphatic rings. The molecule has 0 radical (unpaired) electrons. The highest BCUT2D eigenvalue weighted by atomic mass is 19.4. The third kappa shape index (κ3) is 6.16. The Labute approximate surface area is 227 Å². The third-order valence-electron chi connectivity index (χ3n) is 7.50. The van der Waals surface area contributed by atoms with E-state index in [4.69, 9.17) is 5.11 Å². The lowest BCUT2D eigenvalue weighted by Gasteiger charge is -2.28. The maximum atomic E-state index is 13.8. The number of pyridine rings is 1. The van der Waals surface area contributed by atoms with Crippen molar-refractivity contribution in [1.82, 2.24) is 14.7 Å². The fraction of sp³-hybridized carbons (Fsp3) is 0.300. The quantitative estimate of drug-likeness (QED) is 0.246. The fourth-order valence-electron chi connectivity index (χ4n) is 5.34. The summed E-state index contributed by atoms with van der Waals surface area (Å²) in [7, 11) is 0. The fourth-order valence-corrected chi connectivity index (χ4v) is 5.34. The summed E-state index contributed by atoms with van der Waals surface area (Å²) in [6.07, 6.45) is 2.69. The van der Waals surface area contributed by atoms with Gasteiger partial charge in [-0.1, -0.05) is 30.3 Å². The van der Waals surface area contributed by atoms with Crippen molar-refractivity contribution in [2.24, 2.45) is 5.92 Å². The molecule has 2 heterocycles. The SMILES string of the molecule is O=C(O)CC1CCC(c2ccc(-c3ccc4nc(C(=O)NCc5ccc(C(F)(F)F)c(F)c5)cn4c3)cc2)CC1. The van der Waals surface area contributed by atoms with Gasteiger partial charge in [0.05, 0.1) is 5.56 Å². The number of fused-ring (bicyclic) bond motifs is 1. The Bertz CT molecular complexity index is 1540. The summed E-state index contributed by atoms with van der Waals surface area (Å²) in [5.74, 6) is -1.97. The number of hydrogen-bond donors (Lipinski definition) is 2. The van der Waals surface area contributed by atoms with E-state index in [0.717, 1.165) is 48.9 Å². The smallest absolute Gasteiger partial charge is 0.419 e. The van der Waals surface area contributed by atoms with E-state index in [1.165, 1.54) is 5.56 Å². The molecule has 1 fully saturated rings. The highest BCUT2D eigenvalue weighted by molar-refractivity contribution is 5.92. The minimum Gasteiger partial charge on any atom is -0.481 e. The van der Waals surface area contributed by atoms with E-state index in [0.29, 0.717) is 17.6 Å². The van der Waals surface area contributed by atoms with Gasteiger partial charge in [-0.15, -0.1) is 0 Å². The Morgan fingerprint density at radius 1 is 0.950 bits per heavy atom. The number of aliphatic carboxylic acids is 1. The molecule has 0 aliphatic heterocycles. The molecular weight excluding hydrogens is 526 g/mol. The zero-order chi connectivity index (χ0) is 28.4. The number of carboxylic acids is 1. The summed E-state index contributed by atoms with van der Waals surface area (Å²) in [5.41, 5.74) is 2.67. The van der Waals surface area contributed by atoms with Crippen molar-refractivity contribution >= 4 is 17.5 Å². The van der Waals surface area contributed by atoms with Gasteiger partial charge in [0.1, 0.15) is 17.2 Å². The number of hydrogen-bond acceptors (Lipinski definition) is 3. The van der Waals surface area contributed by atoms with Crippen LogP contribution in [0.4, 0.5) is 17.6 Å². The first-order valence-electron chi connectivity index (χ1n) is 13.0. The van der Waals surface area contributed by atoms with Crippen LogP contribution in [0.1, 0.15) is 65.2 Å². The van der Waals surface area contributed by atoms with Gasteiger partial charge in [0.15, 0.2) is 0 Å². The van der Waals surface area contributed by atoms with Gasteiger partial charge >= 0.3 is 12.1 Å². The molecule has 2 N–H and O–H groups in total. The Morgan fingerprint density at radius 2 is 1.65 bits per heavy atom. The van der Waals surface area contributed by atoms with Crippen molar-refractivity contribution in [2.45, 2.75) is 50.7 Å². The van der Waals surface area contributed by atoms with Gasteiger partial charge in [0.25, 0.3) is 5.91 Å². The summed E-state index contributed by atoms with van der Waals surface area (Å²) in [5, 5.41) is 11.6. The average Bonchev–Trinajstić information content (AvgIpc) is 3.35. The lowest BCUT2D eigenvalue weighted by atomic mass is 9.77. The van der Waals surface area contributed by atoms with Crippen LogP contribution >= 0.6 is 0 Å². The average molecular weight is 554 g/mol. The van der Waals surface area contributed by atoms with Crippen LogP contribution in [0.2, 0.25) is 0 Å². The van der Waals surface area contributed by atoms with E-state index >= 15 is 0 Å². The molecule has 5 rings (SSSR count). The number of nitrogens with one attached hydrogen (secondary N) is 1. The van der Waals surface area contributed by atoms with Crippen LogP contribution in [0.25, 0.3) is 16.8 Å². The third-order valence-corrected chi connectivity index (χ3v) is 7.50. The molecule has 4 aromatic rings. The molecule has 0 unspecified atom stereocenters. The summed E-state index contributed by atoms with van der Waals surface area (Å²) in [6, 6.07) is 14.5. The Morgan fingerprint density at radius 3 is 2.30 bits per heavy atom. The van der Waals surface area contributed by atoms with Crippen molar-refractivity contribution < 1.29 is 32.3 Å². The van der Waals surface area contributed by atoms with E-state index in [9.17, 15) is 27.2 Å². The van der Waals surface area contributed by atoms with Crippen molar-refractivity contribution in [3.8, 4) is 11.1 Å². The van der Waals surface area contributed by atoms with Crippen LogP contribution in [-0.2, 0) is 17.5 Å². The number of benzene rings is 2. The molecule has 0 atom stereocenters. The molecular formula is C30H27F4N3O3. The van der Waals surface area contributed by atoms with Gasteiger partial charge in [0.2, 0.25) is 0 Å². The Balaban J connectivity index is 1.22. The lowest BCUT2D eigenvalue weighted by molar-refractivity contribution is -0.140. The van der Waals surface area contributed by atoms with Gasteiger partial charge in [-0.2, -0.15) is 13.2 Å². The number of nitrogens with zero attached hydrogens (tertiary/aromatic N) is 2. The highest BCUT2D eigenvalue weighted by Crippen LogP contribution is 2.37. The molecule has 1 aliphatic carbocycles. The molecule has 2 aromatic heterocycles. The second-order valence-corrected chi connectivity index (χ2v) is 10.2. The molecule has 40 heavy (non-hydrogen) atoms. The zero-order valence-electron chi connectivity index (χ0n) is 21.4. The second kappa shape index (κ2) is 11.1. The predicted molar refractivity (Wildman–Crippen MR) is 140 cm³/mol. The first-order valence-corrected chi connectivity index (χ1v) is 13.0. The topological polar surface area (TPSA) is 83.7 Å². The van der Waals surface area contributed by atoms with Crippen molar-refractivity contribution in [1.29, 1.82) is 0 Å². The van der Waals surface area contributed by atoms with Gasteiger partial charge < -0.3 is 14.8 Å². The van der Waals surface area contributed by atoms with Crippen LogP contribution in [0.15, 0.2) is 67.0 Å². The largest absolute Gasteiger partial charge is 0.481 e. The Hall–Kier alpha value is -4.21. The molecule has 1 saturated carbocycles. The minimum absolute atomic E-state index is 0.124. The molecule has 2 aromatic carbocycles.